The van der Waals surface area contributed by atoms with Crippen LogP contribution in [0.25, 0.3) is 0 Å². The van der Waals surface area contributed by atoms with Crippen molar-refractivity contribution < 1.29 is 4.79 Å². The van der Waals surface area contributed by atoms with Gasteiger partial charge in [-0.25, -0.2) is 0 Å². The number of hydrogen-bond acceptors (Lipinski definition) is 2. The quantitative estimate of drug-likeness (QED) is 0.625. The fourth-order valence-electron chi connectivity index (χ4n) is 1.96. The maximum absolute atomic E-state index is 11.7. The monoisotopic (exact) mass is 169 g/mol. The summed E-state index contributed by atoms with van der Waals surface area (Å²) < 4.78 is 0. The zero-order chi connectivity index (χ0) is 9.35. The minimum absolute atomic E-state index is 0.0549. The third kappa shape index (κ3) is 1.86. The van der Waals surface area contributed by atoms with E-state index in [1.807, 2.05) is 14.1 Å². The lowest BCUT2D eigenvalue weighted by molar-refractivity contribution is -0.127. The fraction of sp³-hybridized carbons (Fsp3) is 0.900. The first kappa shape index (κ1) is 9.72. The fourth-order valence-corrected chi connectivity index (χ4v) is 1.96. The molecule has 0 radical (unpaired) electrons. The molecule has 0 aromatic carbocycles. The second-order valence-corrected chi connectivity index (χ2v) is 4.75. The minimum Gasteiger partial charge on any atom is -0.309 e. The van der Waals surface area contributed by atoms with E-state index in [-0.39, 0.29) is 11.3 Å². The second-order valence-electron chi connectivity index (χ2n) is 4.75. The number of carbonyl (C=O) groups excluding carboxylic acids is 1. The Balaban J connectivity index is 2.56. The van der Waals surface area contributed by atoms with Crippen molar-refractivity contribution in [3.05, 3.63) is 0 Å². The summed E-state index contributed by atoms with van der Waals surface area (Å²) >= 11 is 0. The average molecular weight is 169 g/mol. The van der Waals surface area contributed by atoms with Crippen LogP contribution in [0.3, 0.4) is 0 Å². The summed E-state index contributed by atoms with van der Waals surface area (Å²) in [5.41, 5.74) is -0.0549. The molecule has 1 fully saturated rings. The van der Waals surface area contributed by atoms with Crippen molar-refractivity contribution >= 4 is 5.78 Å². The lowest BCUT2D eigenvalue weighted by Gasteiger charge is -2.18. The number of Topliss-reactive ketones (excluding diaryl/α,β-unsaturated/α-hetero) is 1. The van der Waals surface area contributed by atoms with Gasteiger partial charge in [-0.2, -0.15) is 0 Å². The van der Waals surface area contributed by atoms with Crippen molar-refractivity contribution in [3.8, 4) is 0 Å². The maximum atomic E-state index is 11.7. The highest BCUT2D eigenvalue weighted by atomic mass is 16.1. The Kier molecular flexibility index (Phi) is 2.57. The van der Waals surface area contributed by atoms with Crippen LogP contribution in [-0.4, -0.2) is 31.3 Å². The average Bonchev–Trinajstić information content (AvgIpc) is 2.15. The van der Waals surface area contributed by atoms with Gasteiger partial charge in [0.25, 0.3) is 0 Å². The first-order chi connectivity index (χ1) is 5.43. The lowest BCUT2D eigenvalue weighted by atomic mass is 9.89. The molecule has 1 atom stereocenters. The molecule has 1 rings (SSSR count). The van der Waals surface area contributed by atoms with Gasteiger partial charge < -0.3 is 4.90 Å². The first-order valence-electron chi connectivity index (χ1n) is 4.62. The standard InChI is InChI=1S/C10H19NO/c1-10(2)6-5-8(9(10)12)7-11(3)4/h8H,5-7H2,1-4H3. The molecule has 0 aromatic rings. The van der Waals surface area contributed by atoms with Crippen molar-refractivity contribution in [2.45, 2.75) is 26.7 Å². The van der Waals surface area contributed by atoms with E-state index in [9.17, 15) is 4.79 Å². The molecule has 0 amide bonds. The van der Waals surface area contributed by atoms with Gasteiger partial charge >= 0.3 is 0 Å². The molecule has 1 saturated carbocycles. The van der Waals surface area contributed by atoms with Crippen LogP contribution in [0, 0.1) is 11.3 Å². The molecular formula is C10H19NO. The van der Waals surface area contributed by atoms with Gasteiger partial charge in [-0.15, -0.1) is 0 Å². The zero-order valence-corrected chi connectivity index (χ0v) is 8.55. The topological polar surface area (TPSA) is 20.3 Å². The Morgan fingerprint density at radius 2 is 2.08 bits per heavy atom. The Labute approximate surface area is 74.9 Å². The van der Waals surface area contributed by atoms with Crippen molar-refractivity contribution in [1.82, 2.24) is 4.90 Å². The van der Waals surface area contributed by atoms with E-state index in [1.165, 1.54) is 0 Å². The van der Waals surface area contributed by atoms with Gasteiger partial charge in [-0.05, 0) is 26.9 Å². The molecule has 0 N–H and O–H groups in total. The van der Waals surface area contributed by atoms with Gasteiger partial charge in [0.05, 0.1) is 0 Å². The van der Waals surface area contributed by atoms with Crippen LogP contribution in [0.15, 0.2) is 0 Å². The number of rotatable bonds is 2. The van der Waals surface area contributed by atoms with Crippen LogP contribution in [0.1, 0.15) is 26.7 Å². The van der Waals surface area contributed by atoms with Crippen LogP contribution in [0.5, 0.6) is 0 Å². The second kappa shape index (κ2) is 3.17. The van der Waals surface area contributed by atoms with E-state index < -0.39 is 0 Å². The van der Waals surface area contributed by atoms with Crippen molar-refractivity contribution in [2.24, 2.45) is 11.3 Å². The van der Waals surface area contributed by atoms with Gasteiger partial charge in [0.15, 0.2) is 0 Å². The van der Waals surface area contributed by atoms with E-state index in [2.05, 4.69) is 18.7 Å². The Hall–Kier alpha value is -0.370. The molecule has 0 aromatic heterocycles. The molecule has 0 heterocycles. The SMILES string of the molecule is CN(C)CC1CCC(C)(C)C1=O. The van der Waals surface area contributed by atoms with Gasteiger partial charge in [-0.3, -0.25) is 4.79 Å². The molecule has 1 unspecified atom stereocenters. The van der Waals surface area contributed by atoms with Crippen LogP contribution in [-0.2, 0) is 4.79 Å². The predicted octanol–water partition coefficient (Wildman–Crippen LogP) is 1.55. The summed E-state index contributed by atoms with van der Waals surface area (Å²) in [5.74, 6) is 0.742. The highest BCUT2D eigenvalue weighted by Crippen LogP contribution is 2.37. The number of carbonyl (C=O) groups is 1. The molecule has 70 valence electrons. The normalized spacial score (nSPS) is 28.4. The summed E-state index contributed by atoms with van der Waals surface area (Å²) in [6, 6.07) is 0. The Bertz CT molecular complexity index is 184. The molecule has 1 aliphatic carbocycles. The van der Waals surface area contributed by atoms with Gasteiger partial charge in [0, 0.05) is 17.9 Å². The maximum Gasteiger partial charge on any atom is 0.142 e. The molecular weight excluding hydrogens is 150 g/mol. The van der Waals surface area contributed by atoms with Gasteiger partial charge in [0.2, 0.25) is 0 Å². The smallest absolute Gasteiger partial charge is 0.142 e. The first-order valence-corrected chi connectivity index (χ1v) is 4.62. The molecule has 0 spiro atoms. The zero-order valence-electron chi connectivity index (χ0n) is 8.55. The highest BCUT2D eigenvalue weighted by Gasteiger charge is 2.40. The van der Waals surface area contributed by atoms with E-state index in [0.29, 0.717) is 5.78 Å². The summed E-state index contributed by atoms with van der Waals surface area (Å²) in [6.07, 6.45) is 2.13. The molecule has 12 heavy (non-hydrogen) atoms. The predicted molar refractivity (Wildman–Crippen MR) is 50.1 cm³/mol. The van der Waals surface area contributed by atoms with Crippen LogP contribution >= 0.6 is 0 Å². The minimum atomic E-state index is -0.0549. The highest BCUT2D eigenvalue weighted by molar-refractivity contribution is 5.88. The van der Waals surface area contributed by atoms with Gasteiger partial charge in [-0.1, -0.05) is 13.8 Å². The molecule has 1 aliphatic rings. The van der Waals surface area contributed by atoms with Crippen LogP contribution in [0.4, 0.5) is 0 Å². The third-order valence-corrected chi connectivity index (χ3v) is 2.74. The third-order valence-electron chi connectivity index (χ3n) is 2.74. The molecule has 2 heteroatoms. The summed E-state index contributed by atoms with van der Waals surface area (Å²) in [5, 5.41) is 0. The molecule has 0 aliphatic heterocycles. The van der Waals surface area contributed by atoms with Crippen molar-refractivity contribution in [2.75, 3.05) is 20.6 Å². The van der Waals surface area contributed by atoms with Crippen molar-refractivity contribution in [3.63, 3.8) is 0 Å². The summed E-state index contributed by atoms with van der Waals surface area (Å²) in [6.45, 7) is 5.04. The van der Waals surface area contributed by atoms with E-state index in [0.717, 1.165) is 19.4 Å². The van der Waals surface area contributed by atoms with Gasteiger partial charge in [0.1, 0.15) is 5.78 Å². The van der Waals surface area contributed by atoms with Crippen molar-refractivity contribution in [1.29, 1.82) is 0 Å². The van der Waals surface area contributed by atoms with E-state index in [4.69, 9.17) is 0 Å². The van der Waals surface area contributed by atoms with Crippen LogP contribution < -0.4 is 0 Å². The Morgan fingerprint density at radius 3 is 2.42 bits per heavy atom. The number of hydrogen-bond donors (Lipinski definition) is 0. The number of ketones is 1. The largest absolute Gasteiger partial charge is 0.309 e. The summed E-state index contributed by atoms with van der Waals surface area (Å²) in [7, 11) is 4.05. The van der Waals surface area contributed by atoms with E-state index in [1.54, 1.807) is 0 Å². The van der Waals surface area contributed by atoms with E-state index >= 15 is 0 Å². The number of nitrogens with zero attached hydrogens (tertiary/aromatic N) is 1. The summed E-state index contributed by atoms with van der Waals surface area (Å²) in [4.78, 5) is 13.8. The lowest BCUT2D eigenvalue weighted by Crippen LogP contribution is -2.29. The Morgan fingerprint density at radius 1 is 1.50 bits per heavy atom. The van der Waals surface area contributed by atoms with Crippen LogP contribution in [0.2, 0.25) is 0 Å². The molecule has 2 nitrogen and oxygen atoms in total. The molecule has 0 saturated heterocycles. The molecule has 0 bridgehead atoms.